The van der Waals surface area contributed by atoms with Gasteiger partial charge < -0.3 is 10.2 Å². The van der Waals surface area contributed by atoms with Crippen molar-refractivity contribution in [1.29, 1.82) is 5.26 Å². The number of nitrogens with zero attached hydrogens (tertiary/aromatic N) is 3. The Morgan fingerprint density at radius 1 is 1.58 bits per heavy atom. The van der Waals surface area contributed by atoms with E-state index in [1.54, 1.807) is 0 Å². The number of pyridine rings is 1. The fourth-order valence-electron chi connectivity index (χ4n) is 2.70. The molecule has 0 spiro atoms. The first-order chi connectivity index (χ1) is 9.27. The van der Waals surface area contributed by atoms with Crippen LogP contribution in [0.3, 0.4) is 0 Å². The Hall–Kier alpha value is -1.60. The third kappa shape index (κ3) is 3.05. The number of hydrogen-bond donors (Lipinski definition) is 1. The number of anilines is 1. The van der Waals surface area contributed by atoms with Gasteiger partial charge in [-0.05, 0) is 44.4 Å². The van der Waals surface area contributed by atoms with Crippen molar-refractivity contribution in [2.24, 2.45) is 0 Å². The minimum absolute atomic E-state index is 0.454. The van der Waals surface area contributed by atoms with Gasteiger partial charge in [0, 0.05) is 25.3 Å². The molecule has 0 aromatic carbocycles. The molecule has 0 bridgehead atoms. The summed E-state index contributed by atoms with van der Waals surface area (Å²) in [6.45, 7) is 7.19. The number of hydrogen-bond acceptors (Lipinski definition) is 4. The average Bonchev–Trinajstić information content (AvgIpc) is 2.45. The van der Waals surface area contributed by atoms with E-state index in [-0.39, 0.29) is 0 Å². The highest BCUT2D eigenvalue weighted by molar-refractivity contribution is 5.57. The standard InChI is InChI=1S/C15H22N4/c1-3-9-19(13-5-4-7-17-11-13)15-14(10-16)12(2)6-8-18-15/h6,8,13,17H,3-5,7,9,11H2,1-2H3. The zero-order valence-electron chi connectivity index (χ0n) is 11.8. The van der Waals surface area contributed by atoms with Gasteiger partial charge in [0.05, 0.1) is 5.56 Å². The predicted molar refractivity (Wildman–Crippen MR) is 77.2 cm³/mol. The fraction of sp³-hybridized carbons (Fsp3) is 0.600. The van der Waals surface area contributed by atoms with E-state index in [4.69, 9.17) is 0 Å². The second-order valence-corrected chi connectivity index (χ2v) is 5.13. The number of aromatic nitrogens is 1. The maximum absolute atomic E-state index is 9.38. The van der Waals surface area contributed by atoms with Crippen LogP contribution in [0.1, 0.15) is 37.3 Å². The van der Waals surface area contributed by atoms with Crippen LogP contribution in [0, 0.1) is 18.3 Å². The van der Waals surface area contributed by atoms with Crippen LogP contribution >= 0.6 is 0 Å². The zero-order chi connectivity index (χ0) is 13.7. The lowest BCUT2D eigenvalue weighted by Crippen LogP contribution is -2.47. The molecule has 1 saturated heterocycles. The van der Waals surface area contributed by atoms with E-state index in [0.717, 1.165) is 43.0 Å². The van der Waals surface area contributed by atoms with Crippen LogP contribution in [-0.2, 0) is 0 Å². The Bertz CT molecular complexity index is 458. The van der Waals surface area contributed by atoms with Crippen molar-refractivity contribution in [3.63, 3.8) is 0 Å². The van der Waals surface area contributed by atoms with E-state index >= 15 is 0 Å². The highest BCUT2D eigenvalue weighted by Crippen LogP contribution is 2.24. The Labute approximate surface area is 115 Å². The highest BCUT2D eigenvalue weighted by Gasteiger charge is 2.24. The van der Waals surface area contributed by atoms with Crippen molar-refractivity contribution in [3.05, 3.63) is 23.4 Å². The Morgan fingerprint density at radius 3 is 3.05 bits per heavy atom. The first kappa shape index (κ1) is 13.8. The number of piperidine rings is 1. The van der Waals surface area contributed by atoms with E-state index in [0.29, 0.717) is 6.04 Å². The van der Waals surface area contributed by atoms with E-state index in [9.17, 15) is 5.26 Å². The molecule has 0 amide bonds. The van der Waals surface area contributed by atoms with Crippen molar-refractivity contribution in [3.8, 4) is 6.07 Å². The van der Waals surface area contributed by atoms with E-state index in [1.807, 2.05) is 19.2 Å². The molecule has 102 valence electrons. The first-order valence-corrected chi connectivity index (χ1v) is 7.11. The summed E-state index contributed by atoms with van der Waals surface area (Å²) in [5.74, 6) is 0.859. The molecule has 1 fully saturated rings. The summed E-state index contributed by atoms with van der Waals surface area (Å²) in [4.78, 5) is 6.80. The summed E-state index contributed by atoms with van der Waals surface area (Å²) >= 11 is 0. The van der Waals surface area contributed by atoms with Gasteiger partial charge in [-0.1, -0.05) is 6.92 Å². The van der Waals surface area contributed by atoms with E-state index < -0.39 is 0 Å². The zero-order valence-corrected chi connectivity index (χ0v) is 11.8. The molecular formula is C15H22N4. The van der Waals surface area contributed by atoms with Crippen molar-refractivity contribution >= 4 is 5.82 Å². The summed E-state index contributed by atoms with van der Waals surface area (Å²) < 4.78 is 0. The molecule has 1 aromatic heterocycles. The van der Waals surface area contributed by atoms with Gasteiger partial charge in [0.1, 0.15) is 11.9 Å². The van der Waals surface area contributed by atoms with E-state index in [1.165, 1.54) is 12.8 Å². The van der Waals surface area contributed by atoms with Gasteiger partial charge >= 0.3 is 0 Å². The second-order valence-electron chi connectivity index (χ2n) is 5.13. The SMILES string of the molecule is CCCN(c1nccc(C)c1C#N)C1CCCNC1. The lowest BCUT2D eigenvalue weighted by Gasteiger charge is -2.36. The van der Waals surface area contributed by atoms with Crippen molar-refractivity contribution in [2.75, 3.05) is 24.5 Å². The van der Waals surface area contributed by atoms with Gasteiger partial charge in [-0.3, -0.25) is 0 Å². The van der Waals surface area contributed by atoms with Gasteiger partial charge in [-0.15, -0.1) is 0 Å². The summed E-state index contributed by atoms with van der Waals surface area (Å²) in [6.07, 6.45) is 5.24. The predicted octanol–water partition coefficient (Wildman–Crippen LogP) is 2.23. The molecule has 1 atom stereocenters. The van der Waals surface area contributed by atoms with Gasteiger partial charge in [0.15, 0.2) is 0 Å². The van der Waals surface area contributed by atoms with Crippen molar-refractivity contribution in [2.45, 2.75) is 39.2 Å². The van der Waals surface area contributed by atoms with E-state index in [2.05, 4.69) is 28.2 Å². The number of nitriles is 1. The lowest BCUT2D eigenvalue weighted by atomic mass is 10.0. The molecule has 1 aliphatic heterocycles. The summed E-state index contributed by atoms with van der Waals surface area (Å²) in [5.41, 5.74) is 1.74. The van der Waals surface area contributed by atoms with Crippen LogP contribution in [-0.4, -0.2) is 30.7 Å². The third-order valence-electron chi connectivity index (χ3n) is 3.70. The van der Waals surface area contributed by atoms with Crippen LogP contribution in [0.2, 0.25) is 0 Å². The van der Waals surface area contributed by atoms with Crippen molar-refractivity contribution < 1.29 is 0 Å². The number of rotatable bonds is 4. The molecule has 2 rings (SSSR count). The summed E-state index contributed by atoms with van der Waals surface area (Å²) in [6, 6.07) is 4.68. The van der Waals surface area contributed by atoms with Crippen LogP contribution in [0.15, 0.2) is 12.3 Å². The molecule has 2 heterocycles. The lowest BCUT2D eigenvalue weighted by molar-refractivity contribution is 0.428. The normalized spacial score (nSPS) is 18.9. The molecule has 1 unspecified atom stereocenters. The molecule has 0 radical (unpaired) electrons. The molecule has 1 aromatic rings. The first-order valence-electron chi connectivity index (χ1n) is 7.11. The van der Waals surface area contributed by atoms with Gasteiger partial charge in [0.2, 0.25) is 0 Å². The van der Waals surface area contributed by atoms with Gasteiger partial charge in [-0.2, -0.15) is 5.26 Å². The molecule has 4 nitrogen and oxygen atoms in total. The summed E-state index contributed by atoms with van der Waals surface area (Å²) in [7, 11) is 0. The maximum Gasteiger partial charge on any atom is 0.147 e. The molecule has 19 heavy (non-hydrogen) atoms. The number of nitrogens with one attached hydrogen (secondary N) is 1. The fourth-order valence-corrected chi connectivity index (χ4v) is 2.70. The van der Waals surface area contributed by atoms with Crippen molar-refractivity contribution in [1.82, 2.24) is 10.3 Å². The Kier molecular flexibility index (Phi) is 4.75. The minimum Gasteiger partial charge on any atom is -0.351 e. The molecule has 1 N–H and O–H groups in total. The topological polar surface area (TPSA) is 52.0 Å². The van der Waals surface area contributed by atoms with Crippen LogP contribution < -0.4 is 10.2 Å². The smallest absolute Gasteiger partial charge is 0.147 e. The second kappa shape index (κ2) is 6.53. The molecule has 0 saturated carbocycles. The minimum atomic E-state index is 0.454. The van der Waals surface area contributed by atoms with Crippen LogP contribution in [0.4, 0.5) is 5.82 Å². The Balaban J connectivity index is 2.33. The monoisotopic (exact) mass is 258 g/mol. The Morgan fingerprint density at radius 2 is 2.42 bits per heavy atom. The van der Waals surface area contributed by atoms with Gasteiger partial charge in [-0.25, -0.2) is 4.98 Å². The highest BCUT2D eigenvalue weighted by atomic mass is 15.2. The summed E-state index contributed by atoms with van der Waals surface area (Å²) in [5, 5.41) is 12.8. The van der Waals surface area contributed by atoms with Gasteiger partial charge in [0.25, 0.3) is 0 Å². The quantitative estimate of drug-likeness (QED) is 0.900. The molecule has 1 aliphatic rings. The largest absolute Gasteiger partial charge is 0.351 e. The third-order valence-corrected chi connectivity index (χ3v) is 3.70. The number of aryl methyl sites for hydroxylation is 1. The molecule has 4 heteroatoms. The maximum atomic E-state index is 9.38. The molecular weight excluding hydrogens is 236 g/mol. The van der Waals surface area contributed by atoms with Crippen LogP contribution in [0.25, 0.3) is 0 Å². The molecule has 0 aliphatic carbocycles. The van der Waals surface area contributed by atoms with Crippen LogP contribution in [0.5, 0.6) is 0 Å². The average molecular weight is 258 g/mol.